The Morgan fingerprint density at radius 1 is 1.23 bits per heavy atom. The minimum atomic E-state index is -3.44. The van der Waals surface area contributed by atoms with Gasteiger partial charge in [0.2, 0.25) is 5.91 Å². The van der Waals surface area contributed by atoms with Gasteiger partial charge in [-0.3, -0.25) is 4.79 Å². The standard InChI is InChI=1S/C15H23NO5S/c1-15(21-3,12-20-2)11-16-14(17)9-10-22(18,19)13-7-5-4-6-8-13/h4-8H,9-12H2,1-3H3,(H,16,17)/t15-/m1/s1. The molecule has 1 aromatic rings. The SMILES string of the molecule is COC[C@@](C)(CNC(=O)CCS(=O)(=O)c1ccccc1)OC. The molecule has 1 aromatic carbocycles. The molecule has 0 fully saturated rings. The van der Waals surface area contributed by atoms with Gasteiger partial charge in [-0.15, -0.1) is 0 Å². The van der Waals surface area contributed by atoms with Gasteiger partial charge in [0.05, 0.1) is 17.3 Å². The maximum absolute atomic E-state index is 12.1. The molecule has 1 atom stereocenters. The molecule has 1 N–H and O–H groups in total. The van der Waals surface area contributed by atoms with Crippen LogP contribution in [-0.2, 0) is 24.1 Å². The predicted molar refractivity (Wildman–Crippen MR) is 83.4 cm³/mol. The molecule has 22 heavy (non-hydrogen) atoms. The number of hydrogen-bond donors (Lipinski definition) is 1. The van der Waals surface area contributed by atoms with Crippen LogP contribution in [-0.4, -0.2) is 53.1 Å². The molecule has 0 aliphatic carbocycles. The molecule has 6 nitrogen and oxygen atoms in total. The van der Waals surface area contributed by atoms with Crippen LogP contribution in [0, 0.1) is 0 Å². The number of carbonyl (C=O) groups is 1. The van der Waals surface area contributed by atoms with Crippen molar-refractivity contribution in [3.8, 4) is 0 Å². The number of carbonyl (C=O) groups excluding carboxylic acids is 1. The van der Waals surface area contributed by atoms with Crippen molar-refractivity contribution in [2.75, 3.05) is 33.1 Å². The maximum Gasteiger partial charge on any atom is 0.221 e. The lowest BCUT2D eigenvalue weighted by Crippen LogP contribution is -2.45. The van der Waals surface area contributed by atoms with Crippen molar-refractivity contribution in [2.24, 2.45) is 0 Å². The van der Waals surface area contributed by atoms with Crippen LogP contribution in [0.4, 0.5) is 0 Å². The minimum Gasteiger partial charge on any atom is -0.382 e. The summed E-state index contributed by atoms with van der Waals surface area (Å²) in [5, 5.41) is 2.67. The highest BCUT2D eigenvalue weighted by Gasteiger charge is 2.24. The molecule has 0 spiro atoms. The second-order valence-electron chi connectivity index (χ2n) is 5.25. The van der Waals surface area contributed by atoms with Gasteiger partial charge in [-0.25, -0.2) is 8.42 Å². The van der Waals surface area contributed by atoms with Crippen LogP contribution in [0.5, 0.6) is 0 Å². The molecule has 0 bridgehead atoms. The van der Waals surface area contributed by atoms with Gasteiger partial charge in [-0.1, -0.05) is 18.2 Å². The Balaban J connectivity index is 2.50. The molecular formula is C15H23NO5S. The van der Waals surface area contributed by atoms with E-state index in [-0.39, 0.29) is 29.5 Å². The number of benzene rings is 1. The quantitative estimate of drug-likeness (QED) is 0.731. The highest BCUT2D eigenvalue weighted by atomic mass is 32.2. The maximum atomic E-state index is 12.1. The topological polar surface area (TPSA) is 81.7 Å². The number of hydrogen-bond acceptors (Lipinski definition) is 5. The molecule has 0 aliphatic heterocycles. The lowest BCUT2D eigenvalue weighted by molar-refractivity contribution is -0.123. The van der Waals surface area contributed by atoms with Gasteiger partial charge in [-0.2, -0.15) is 0 Å². The lowest BCUT2D eigenvalue weighted by atomic mass is 10.1. The van der Waals surface area contributed by atoms with Crippen molar-refractivity contribution in [3.63, 3.8) is 0 Å². The average Bonchev–Trinajstić information content (AvgIpc) is 2.52. The molecule has 1 amide bonds. The number of methoxy groups -OCH3 is 2. The summed E-state index contributed by atoms with van der Waals surface area (Å²) in [4.78, 5) is 12.0. The molecule has 0 aliphatic rings. The van der Waals surface area contributed by atoms with Crippen LogP contribution in [0.3, 0.4) is 0 Å². The van der Waals surface area contributed by atoms with E-state index in [2.05, 4.69) is 5.32 Å². The van der Waals surface area contributed by atoms with Crippen LogP contribution in [0.2, 0.25) is 0 Å². The molecule has 0 saturated heterocycles. The van der Waals surface area contributed by atoms with E-state index in [9.17, 15) is 13.2 Å². The zero-order valence-corrected chi connectivity index (χ0v) is 14.0. The molecule has 0 saturated carbocycles. The summed E-state index contributed by atoms with van der Waals surface area (Å²) in [5.41, 5.74) is -0.636. The average molecular weight is 329 g/mol. The Hall–Kier alpha value is -1.44. The number of ether oxygens (including phenoxy) is 2. The summed E-state index contributed by atoms with van der Waals surface area (Å²) in [7, 11) is -0.362. The molecule has 0 unspecified atom stereocenters. The zero-order valence-electron chi connectivity index (χ0n) is 13.2. The van der Waals surface area contributed by atoms with Crippen LogP contribution in [0.1, 0.15) is 13.3 Å². The Labute approximate surface area is 131 Å². The van der Waals surface area contributed by atoms with Crippen molar-refractivity contribution in [2.45, 2.75) is 23.8 Å². The van der Waals surface area contributed by atoms with E-state index in [4.69, 9.17) is 9.47 Å². The van der Waals surface area contributed by atoms with Gasteiger partial charge in [0.15, 0.2) is 9.84 Å². The number of sulfone groups is 1. The third-order valence-corrected chi connectivity index (χ3v) is 5.03. The van der Waals surface area contributed by atoms with Crippen LogP contribution >= 0.6 is 0 Å². The second-order valence-corrected chi connectivity index (χ2v) is 7.35. The van der Waals surface area contributed by atoms with E-state index < -0.39 is 15.4 Å². The smallest absolute Gasteiger partial charge is 0.221 e. The van der Waals surface area contributed by atoms with Crippen molar-refractivity contribution in [1.29, 1.82) is 0 Å². The fourth-order valence-corrected chi connectivity index (χ4v) is 3.10. The first-order chi connectivity index (χ1) is 10.3. The summed E-state index contributed by atoms with van der Waals surface area (Å²) in [6.45, 7) is 2.38. The van der Waals surface area contributed by atoms with Gasteiger partial charge in [0.25, 0.3) is 0 Å². The molecule has 0 heterocycles. The fourth-order valence-electron chi connectivity index (χ4n) is 1.83. The van der Waals surface area contributed by atoms with Crippen LogP contribution < -0.4 is 5.32 Å². The van der Waals surface area contributed by atoms with Gasteiger partial charge in [0.1, 0.15) is 5.60 Å². The molecule has 124 valence electrons. The third-order valence-electron chi connectivity index (χ3n) is 3.30. The monoisotopic (exact) mass is 329 g/mol. The van der Waals surface area contributed by atoms with Crippen LogP contribution in [0.15, 0.2) is 35.2 Å². The van der Waals surface area contributed by atoms with E-state index >= 15 is 0 Å². The Morgan fingerprint density at radius 2 is 1.86 bits per heavy atom. The highest BCUT2D eigenvalue weighted by Crippen LogP contribution is 2.11. The number of amides is 1. The van der Waals surface area contributed by atoms with Crippen LogP contribution in [0.25, 0.3) is 0 Å². The van der Waals surface area contributed by atoms with E-state index in [0.717, 1.165) is 0 Å². The van der Waals surface area contributed by atoms with Crippen molar-refractivity contribution < 1.29 is 22.7 Å². The molecule has 0 radical (unpaired) electrons. The van der Waals surface area contributed by atoms with Gasteiger partial charge in [0, 0.05) is 27.2 Å². The van der Waals surface area contributed by atoms with Gasteiger partial charge < -0.3 is 14.8 Å². The van der Waals surface area contributed by atoms with E-state index in [1.54, 1.807) is 32.2 Å². The van der Waals surface area contributed by atoms with E-state index in [0.29, 0.717) is 6.61 Å². The molecule has 1 rings (SSSR count). The molecule has 0 aromatic heterocycles. The Morgan fingerprint density at radius 3 is 2.41 bits per heavy atom. The summed E-state index contributed by atoms with van der Waals surface area (Å²) >= 11 is 0. The predicted octanol–water partition coefficient (Wildman–Crippen LogP) is 1.02. The van der Waals surface area contributed by atoms with Crippen molar-refractivity contribution >= 4 is 15.7 Å². The fraction of sp³-hybridized carbons (Fsp3) is 0.533. The number of nitrogens with one attached hydrogen (secondary N) is 1. The van der Waals surface area contributed by atoms with Gasteiger partial charge >= 0.3 is 0 Å². The van der Waals surface area contributed by atoms with E-state index in [1.165, 1.54) is 19.2 Å². The van der Waals surface area contributed by atoms with E-state index in [1.807, 2.05) is 0 Å². The normalized spacial score (nSPS) is 14.3. The third kappa shape index (κ3) is 5.75. The first-order valence-corrected chi connectivity index (χ1v) is 8.57. The Bertz CT molecular complexity index is 573. The molecular weight excluding hydrogens is 306 g/mol. The number of rotatable bonds is 9. The highest BCUT2D eigenvalue weighted by molar-refractivity contribution is 7.91. The first kappa shape index (κ1) is 18.6. The Kier molecular flexibility index (Phi) is 6.99. The van der Waals surface area contributed by atoms with Crippen molar-refractivity contribution in [1.82, 2.24) is 5.32 Å². The lowest BCUT2D eigenvalue weighted by Gasteiger charge is -2.27. The first-order valence-electron chi connectivity index (χ1n) is 6.91. The largest absolute Gasteiger partial charge is 0.382 e. The summed E-state index contributed by atoms with van der Waals surface area (Å²) in [5.74, 6) is -0.560. The second kappa shape index (κ2) is 8.26. The van der Waals surface area contributed by atoms with Gasteiger partial charge in [-0.05, 0) is 19.1 Å². The minimum absolute atomic E-state index is 0.0932. The summed E-state index contributed by atoms with van der Waals surface area (Å²) in [6, 6.07) is 8.10. The zero-order chi connectivity index (χ0) is 16.6. The molecule has 7 heteroatoms. The van der Waals surface area contributed by atoms with Crippen molar-refractivity contribution in [3.05, 3.63) is 30.3 Å². The summed E-state index contributed by atoms with van der Waals surface area (Å²) in [6.07, 6.45) is -0.0932. The summed E-state index contributed by atoms with van der Waals surface area (Å²) < 4.78 is 34.5.